The zero-order valence-corrected chi connectivity index (χ0v) is 14.3. The van der Waals surface area contributed by atoms with E-state index in [4.69, 9.17) is 0 Å². The highest BCUT2D eigenvalue weighted by Gasteiger charge is 2.27. The Hall–Kier alpha value is -1.11. The van der Waals surface area contributed by atoms with E-state index in [-0.39, 0.29) is 5.92 Å². The summed E-state index contributed by atoms with van der Waals surface area (Å²) in [5.41, 5.74) is 3.56. The summed E-state index contributed by atoms with van der Waals surface area (Å²) in [6, 6.07) is 6.49. The number of hydrogen-bond donors (Lipinski definition) is 0. The fraction of sp³-hybridized carbons (Fsp3) is 0.650. The van der Waals surface area contributed by atoms with Gasteiger partial charge < -0.3 is 0 Å². The van der Waals surface area contributed by atoms with E-state index in [2.05, 4.69) is 52.8 Å². The van der Waals surface area contributed by atoms with Crippen LogP contribution < -0.4 is 0 Å². The van der Waals surface area contributed by atoms with E-state index in [1.807, 2.05) is 0 Å². The van der Waals surface area contributed by atoms with Crippen molar-refractivity contribution in [3.63, 3.8) is 0 Å². The second-order valence-electron chi connectivity index (χ2n) is 7.48. The Balaban J connectivity index is 2.27. The Morgan fingerprint density at radius 2 is 1.62 bits per heavy atom. The van der Waals surface area contributed by atoms with E-state index in [1.165, 1.54) is 24.0 Å². The monoisotopic (exact) mass is 286 g/mol. The van der Waals surface area contributed by atoms with Crippen LogP contribution >= 0.6 is 0 Å². The molecule has 1 aliphatic rings. The van der Waals surface area contributed by atoms with Gasteiger partial charge in [-0.15, -0.1) is 0 Å². The summed E-state index contributed by atoms with van der Waals surface area (Å²) >= 11 is 0. The molecule has 0 unspecified atom stereocenters. The molecule has 0 radical (unpaired) electrons. The molecule has 21 heavy (non-hydrogen) atoms. The third kappa shape index (κ3) is 3.75. The Morgan fingerprint density at radius 3 is 2.14 bits per heavy atom. The summed E-state index contributed by atoms with van der Waals surface area (Å²) in [6.45, 7) is 11.1. The molecule has 1 heteroatoms. The van der Waals surface area contributed by atoms with Gasteiger partial charge in [0.2, 0.25) is 0 Å². The van der Waals surface area contributed by atoms with Crippen LogP contribution in [-0.2, 0) is 0 Å². The van der Waals surface area contributed by atoms with Crippen molar-refractivity contribution < 1.29 is 4.79 Å². The van der Waals surface area contributed by atoms with Crippen molar-refractivity contribution in [1.29, 1.82) is 0 Å². The zero-order chi connectivity index (χ0) is 15.6. The molecule has 0 bridgehead atoms. The van der Waals surface area contributed by atoms with Crippen LogP contribution in [-0.4, -0.2) is 5.78 Å². The van der Waals surface area contributed by atoms with Crippen molar-refractivity contribution in [2.24, 2.45) is 11.8 Å². The number of rotatable bonds is 4. The fourth-order valence-corrected chi connectivity index (χ4v) is 3.38. The molecule has 2 rings (SSSR count). The van der Waals surface area contributed by atoms with Crippen molar-refractivity contribution in [2.75, 3.05) is 0 Å². The predicted molar refractivity (Wildman–Crippen MR) is 90.1 cm³/mol. The quantitative estimate of drug-likeness (QED) is 0.626. The number of carbonyl (C=O) groups excluding carboxylic acids is 1. The first-order valence-corrected chi connectivity index (χ1v) is 8.58. The maximum Gasteiger partial charge on any atom is 0.166 e. The average Bonchev–Trinajstić information content (AvgIpc) is 2.46. The van der Waals surface area contributed by atoms with Gasteiger partial charge in [-0.2, -0.15) is 0 Å². The standard InChI is InChI=1S/C20H30O/c1-13(2)17-10-11-18(19(12-17)14(3)4)20(21)16-8-6-15(5)7-9-16/h10-16H,6-9H2,1-5H3. The third-order valence-electron chi connectivity index (χ3n) is 5.02. The molecule has 0 saturated heterocycles. The smallest absolute Gasteiger partial charge is 0.166 e. The van der Waals surface area contributed by atoms with E-state index in [0.717, 1.165) is 24.3 Å². The van der Waals surface area contributed by atoms with Crippen LogP contribution in [0.25, 0.3) is 0 Å². The van der Waals surface area contributed by atoms with Gasteiger partial charge >= 0.3 is 0 Å². The molecule has 0 spiro atoms. The maximum atomic E-state index is 12.9. The number of Topliss-reactive ketones (excluding diaryl/α,β-unsaturated/α-hetero) is 1. The van der Waals surface area contributed by atoms with Crippen LogP contribution in [0.4, 0.5) is 0 Å². The lowest BCUT2D eigenvalue weighted by molar-refractivity contribution is 0.0874. The minimum atomic E-state index is 0.253. The van der Waals surface area contributed by atoms with Gasteiger partial charge in [-0.1, -0.05) is 65.7 Å². The molecule has 0 amide bonds. The molecule has 1 saturated carbocycles. The van der Waals surface area contributed by atoms with Crippen molar-refractivity contribution in [2.45, 2.75) is 72.1 Å². The molecular formula is C20H30O. The number of hydrogen-bond acceptors (Lipinski definition) is 1. The summed E-state index contributed by atoms with van der Waals surface area (Å²) in [4.78, 5) is 12.9. The van der Waals surface area contributed by atoms with Crippen LogP contribution in [0.15, 0.2) is 18.2 Å². The van der Waals surface area contributed by atoms with Gasteiger partial charge in [-0.05, 0) is 41.7 Å². The first-order chi connectivity index (χ1) is 9.90. The third-order valence-corrected chi connectivity index (χ3v) is 5.02. The van der Waals surface area contributed by atoms with Crippen molar-refractivity contribution >= 4 is 5.78 Å². The van der Waals surface area contributed by atoms with Gasteiger partial charge in [0.25, 0.3) is 0 Å². The first-order valence-electron chi connectivity index (χ1n) is 8.58. The summed E-state index contributed by atoms with van der Waals surface area (Å²) in [6.07, 6.45) is 4.56. The molecule has 0 aliphatic heterocycles. The van der Waals surface area contributed by atoms with Gasteiger partial charge in [0, 0.05) is 11.5 Å². The second-order valence-corrected chi connectivity index (χ2v) is 7.48. The van der Waals surface area contributed by atoms with Gasteiger partial charge in [0.1, 0.15) is 0 Å². The minimum Gasteiger partial charge on any atom is -0.294 e. The van der Waals surface area contributed by atoms with Gasteiger partial charge in [-0.25, -0.2) is 0 Å². The molecule has 0 aromatic heterocycles. The maximum absolute atomic E-state index is 12.9. The Kier molecular flexibility index (Phi) is 5.24. The SMILES string of the molecule is CC1CCC(C(=O)c2ccc(C(C)C)cc2C(C)C)CC1. The number of benzene rings is 1. The molecule has 1 aromatic carbocycles. The highest BCUT2D eigenvalue weighted by molar-refractivity contribution is 5.99. The average molecular weight is 286 g/mol. The van der Waals surface area contributed by atoms with E-state index < -0.39 is 0 Å². The zero-order valence-electron chi connectivity index (χ0n) is 14.3. The molecule has 1 nitrogen and oxygen atoms in total. The van der Waals surface area contributed by atoms with Crippen LogP contribution in [0, 0.1) is 11.8 Å². The first kappa shape index (κ1) is 16.3. The van der Waals surface area contributed by atoms with Gasteiger partial charge in [-0.3, -0.25) is 4.79 Å². The molecule has 1 aromatic rings. The Labute approximate surface area is 130 Å². The molecule has 0 heterocycles. The Morgan fingerprint density at radius 1 is 1.00 bits per heavy atom. The molecule has 116 valence electrons. The largest absolute Gasteiger partial charge is 0.294 e. The van der Waals surface area contributed by atoms with Crippen LogP contribution in [0.3, 0.4) is 0 Å². The number of ketones is 1. The van der Waals surface area contributed by atoms with Gasteiger partial charge in [0.15, 0.2) is 5.78 Å². The predicted octanol–water partition coefficient (Wildman–Crippen LogP) is 5.94. The van der Waals surface area contributed by atoms with Crippen LogP contribution in [0.1, 0.15) is 93.6 Å². The second kappa shape index (κ2) is 6.77. The van der Waals surface area contributed by atoms with E-state index >= 15 is 0 Å². The lowest BCUT2D eigenvalue weighted by Crippen LogP contribution is -2.22. The topological polar surface area (TPSA) is 17.1 Å². The van der Waals surface area contributed by atoms with Gasteiger partial charge in [0.05, 0.1) is 0 Å². The summed E-state index contributed by atoms with van der Waals surface area (Å²) in [7, 11) is 0. The highest BCUT2D eigenvalue weighted by atomic mass is 16.1. The van der Waals surface area contributed by atoms with Crippen LogP contribution in [0.2, 0.25) is 0 Å². The van der Waals surface area contributed by atoms with E-state index in [1.54, 1.807) is 0 Å². The summed E-state index contributed by atoms with van der Waals surface area (Å²) in [5.74, 6) is 2.36. The van der Waals surface area contributed by atoms with Crippen LogP contribution in [0.5, 0.6) is 0 Å². The summed E-state index contributed by atoms with van der Waals surface area (Å²) < 4.78 is 0. The molecule has 0 N–H and O–H groups in total. The molecule has 1 fully saturated rings. The van der Waals surface area contributed by atoms with Crippen molar-refractivity contribution in [3.05, 3.63) is 34.9 Å². The van der Waals surface area contributed by atoms with Crippen molar-refractivity contribution in [3.8, 4) is 0 Å². The summed E-state index contributed by atoms with van der Waals surface area (Å²) in [5, 5.41) is 0. The lowest BCUT2D eigenvalue weighted by Gasteiger charge is -2.26. The minimum absolute atomic E-state index is 0.253. The number of carbonyl (C=O) groups is 1. The fourth-order valence-electron chi connectivity index (χ4n) is 3.38. The van der Waals surface area contributed by atoms with E-state index in [0.29, 0.717) is 17.6 Å². The lowest BCUT2D eigenvalue weighted by atomic mass is 9.77. The van der Waals surface area contributed by atoms with Crippen molar-refractivity contribution in [1.82, 2.24) is 0 Å². The highest BCUT2D eigenvalue weighted by Crippen LogP contribution is 2.33. The molecule has 0 atom stereocenters. The normalized spacial score (nSPS) is 22.8. The van der Waals surface area contributed by atoms with E-state index in [9.17, 15) is 4.79 Å². The molecular weight excluding hydrogens is 256 g/mol. The Bertz CT molecular complexity index is 491. The molecule has 1 aliphatic carbocycles.